The van der Waals surface area contributed by atoms with Gasteiger partial charge in [0.1, 0.15) is 0 Å². The van der Waals surface area contributed by atoms with Gasteiger partial charge in [-0.25, -0.2) is 0 Å². The van der Waals surface area contributed by atoms with E-state index in [0.717, 1.165) is 28.7 Å². The predicted octanol–water partition coefficient (Wildman–Crippen LogP) is 5.57. The summed E-state index contributed by atoms with van der Waals surface area (Å²) in [5, 5.41) is 2.55. The van der Waals surface area contributed by atoms with Crippen LogP contribution in [0, 0.1) is 0 Å². The Labute approximate surface area is 138 Å². The molecule has 0 aliphatic rings. The molecular formula is C15H21Br2ClO. The third-order valence-electron chi connectivity index (χ3n) is 3.08. The molecule has 0 atom stereocenters. The van der Waals surface area contributed by atoms with E-state index in [9.17, 15) is 0 Å². The van der Waals surface area contributed by atoms with Crippen molar-refractivity contribution < 1.29 is 4.74 Å². The van der Waals surface area contributed by atoms with Crippen molar-refractivity contribution in [1.82, 2.24) is 0 Å². The first-order chi connectivity index (χ1) is 8.83. The molecular weight excluding hydrogens is 391 g/mol. The van der Waals surface area contributed by atoms with Gasteiger partial charge in [0.2, 0.25) is 0 Å². The van der Waals surface area contributed by atoms with Crippen molar-refractivity contribution in [1.29, 1.82) is 0 Å². The summed E-state index contributed by atoms with van der Waals surface area (Å²) in [4.78, 5) is 0. The first kappa shape index (κ1) is 17.5. The van der Waals surface area contributed by atoms with Crippen molar-refractivity contribution in [3.63, 3.8) is 0 Å². The first-order valence-electron chi connectivity index (χ1n) is 6.35. The maximum absolute atomic E-state index is 5.96. The highest BCUT2D eigenvalue weighted by atomic mass is 79.9. The van der Waals surface area contributed by atoms with Gasteiger partial charge in [-0.2, -0.15) is 0 Å². The lowest BCUT2D eigenvalue weighted by Gasteiger charge is -2.32. The molecule has 0 fully saturated rings. The monoisotopic (exact) mass is 410 g/mol. The second-order valence-corrected chi connectivity index (χ2v) is 7.32. The van der Waals surface area contributed by atoms with E-state index in [0.29, 0.717) is 0 Å². The normalized spacial score (nSPS) is 12.7. The molecule has 0 spiro atoms. The highest BCUT2D eigenvalue weighted by molar-refractivity contribution is 9.09. The number of halogens is 3. The van der Waals surface area contributed by atoms with Crippen molar-refractivity contribution in [2.45, 2.75) is 38.2 Å². The van der Waals surface area contributed by atoms with Crippen LogP contribution in [0.1, 0.15) is 32.8 Å². The van der Waals surface area contributed by atoms with Gasteiger partial charge in [-0.05, 0) is 44.9 Å². The lowest BCUT2D eigenvalue weighted by Crippen LogP contribution is -2.33. The summed E-state index contributed by atoms with van der Waals surface area (Å²) in [5.74, 6) is 0. The maximum Gasteiger partial charge on any atom is 0.0598 e. The van der Waals surface area contributed by atoms with Gasteiger partial charge in [0.15, 0.2) is 0 Å². The van der Waals surface area contributed by atoms with Crippen molar-refractivity contribution in [3.8, 4) is 0 Å². The number of ether oxygens (including phenoxy) is 1. The van der Waals surface area contributed by atoms with Crippen molar-refractivity contribution >= 4 is 43.5 Å². The molecule has 1 nitrogen and oxygen atoms in total. The zero-order valence-electron chi connectivity index (χ0n) is 11.7. The van der Waals surface area contributed by atoms with E-state index in [2.05, 4.69) is 64.8 Å². The Morgan fingerprint density at radius 3 is 2.00 bits per heavy atom. The Hall–Kier alpha value is 0.430. The molecule has 0 aromatic heterocycles. The minimum atomic E-state index is -0.0929. The lowest BCUT2D eigenvalue weighted by atomic mass is 9.82. The lowest BCUT2D eigenvalue weighted by molar-refractivity contribution is -0.00940. The van der Waals surface area contributed by atoms with E-state index >= 15 is 0 Å². The molecule has 0 bridgehead atoms. The number of benzene rings is 1. The molecule has 1 aromatic carbocycles. The summed E-state index contributed by atoms with van der Waals surface area (Å²) in [5.41, 5.74) is 1.23. The maximum atomic E-state index is 5.96. The standard InChI is InChI=1S/C15H21Br2ClO/c1-14(2,3)19-9-8-15(10-16,11-17)12-4-6-13(18)7-5-12/h4-7H,8-11H2,1-3H3. The zero-order valence-corrected chi connectivity index (χ0v) is 15.6. The minimum Gasteiger partial charge on any atom is -0.376 e. The topological polar surface area (TPSA) is 9.23 Å². The number of hydrogen-bond donors (Lipinski definition) is 0. The van der Waals surface area contributed by atoms with E-state index in [-0.39, 0.29) is 11.0 Å². The van der Waals surface area contributed by atoms with Gasteiger partial charge < -0.3 is 4.74 Å². The molecule has 0 aliphatic heterocycles. The highest BCUT2D eigenvalue weighted by Crippen LogP contribution is 2.33. The van der Waals surface area contributed by atoms with Crippen LogP contribution >= 0.6 is 43.5 Å². The Morgan fingerprint density at radius 2 is 1.58 bits per heavy atom. The van der Waals surface area contributed by atoms with Crippen molar-refractivity contribution in [2.75, 3.05) is 17.3 Å². The molecule has 0 saturated heterocycles. The highest BCUT2D eigenvalue weighted by Gasteiger charge is 2.30. The molecule has 0 saturated carbocycles. The van der Waals surface area contributed by atoms with Gasteiger partial charge in [0.05, 0.1) is 5.60 Å². The Morgan fingerprint density at radius 1 is 1.05 bits per heavy atom. The average molecular weight is 413 g/mol. The fraction of sp³-hybridized carbons (Fsp3) is 0.600. The second-order valence-electron chi connectivity index (χ2n) is 5.77. The molecule has 0 unspecified atom stereocenters. The van der Waals surface area contributed by atoms with E-state index in [1.165, 1.54) is 5.56 Å². The van der Waals surface area contributed by atoms with Crippen LogP contribution in [0.3, 0.4) is 0 Å². The van der Waals surface area contributed by atoms with E-state index in [1.807, 2.05) is 12.1 Å². The summed E-state index contributed by atoms with van der Waals surface area (Å²) in [6.07, 6.45) is 0.961. The molecule has 1 rings (SSSR count). The van der Waals surface area contributed by atoms with Gasteiger partial charge >= 0.3 is 0 Å². The van der Waals surface area contributed by atoms with Crippen LogP contribution in [0.2, 0.25) is 5.02 Å². The molecule has 0 heterocycles. The van der Waals surface area contributed by atoms with Crippen molar-refractivity contribution in [3.05, 3.63) is 34.9 Å². The van der Waals surface area contributed by atoms with Gasteiger partial charge in [0.25, 0.3) is 0 Å². The minimum absolute atomic E-state index is 0.0375. The van der Waals surface area contributed by atoms with Gasteiger partial charge in [-0.15, -0.1) is 0 Å². The molecule has 4 heteroatoms. The molecule has 0 aliphatic carbocycles. The van der Waals surface area contributed by atoms with Crippen LogP contribution in [0.15, 0.2) is 24.3 Å². The Kier molecular flexibility index (Phi) is 6.85. The third-order valence-corrected chi connectivity index (χ3v) is 5.48. The predicted molar refractivity (Wildman–Crippen MR) is 91.0 cm³/mol. The quantitative estimate of drug-likeness (QED) is 0.555. The summed E-state index contributed by atoms with van der Waals surface area (Å²) >= 11 is 13.3. The SMILES string of the molecule is CC(C)(C)OCCC(CBr)(CBr)c1ccc(Cl)cc1. The smallest absolute Gasteiger partial charge is 0.0598 e. The fourth-order valence-corrected chi connectivity index (χ4v) is 4.09. The fourth-order valence-electron chi connectivity index (χ4n) is 1.82. The molecule has 0 N–H and O–H groups in total. The van der Waals surface area contributed by atoms with Crippen LogP contribution in [-0.2, 0) is 10.2 Å². The van der Waals surface area contributed by atoms with E-state index in [1.54, 1.807) is 0 Å². The van der Waals surface area contributed by atoms with Gasteiger partial charge in [0, 0.05) is 27.7 Å². The van der Waals surface area contributed by atoms with Gasteiger partial charge in [-0.3, -0.25) is 0 Å². The number of hydrogen-bond acceptors (Lipinski definition) is 1. The number of alkyl halides is 2. The van der Waals surface area contributed by atoms with Crippen LogP contribution in [0.5, 0.6) is 0 Å². The zero-order chi connectivity index (χ0) is 14.5. The Bertz CT molecular complexity index is 380. The summed E-state index contributed by atoms with van der Waals surface area (Å²) in [7, 11) is 0. The Balaban J connectivity index is 2.82. The van der Waals surface area contributed by atoms with Crippen molar-refractivity contribution in [2.24, 2.45) is 0 Å². The molecule has 108 valence electrons. The molecule has 0 radical (unpaired) electrons. The van der Waals surface area contributed by atoms with Crippen LogP contribution in [0.4, 0.5) is 0 Å². The molecule has 1 aromatic rings. The average Bonchev–Trinajstić information content (AvgIpc) is 2.35. The number of rotatable bonds is 6. The van der Waals surface area contributed by atoms with Crippen LogP contribution in [-0.4, -0.2) is 22.9 Å². The molecule has 19 heavy (non-hydrogen) atoms. The second kappa shape index (κ2) is 7.44. The largest absolute Gasteiger partial charge is 0.376 e. The summed E-state index contributed by atoms with van der Waals surface area (Å²) < 4.78 is 5.87. The van der Waals surface area contributed by atoms with Crippen LogP contribution < -0.4 is 0 Å². The third kappa shape index (κ3) is 5.37. The van der Waals surface area contributed by atoms with Crippen LogP contribution in [0.25, 0.3) is 0 Å². The summed E-state index contributed by atoms with van der Waals surface area (Å²) in [6, 6.07) is 8.09. The van der Waals surface area contributed by atoms with Gasteiger partial charge in [-0.1, -0.05) is 55.6 Å². The molecule has 0 amide bonds. The van der Waals surface area contributed by atoms with E-state index < -0.39 is 0 Å². The van der Waals surface area contributed by atoms with E-state index in [4.69, 9.17) is 16.3 Å². The first-order valence-corrected chi connectivity index (χ1v) is 8.97. The summed E-state index contributed by atoms with van der Waals surface area (Å²) in [6.45, 7) is 6.99.